The van der Waals surface area contributed by atoms with Crippen LogP contribution in [-0.4, -0.2) is 24.7 Å². The number of aliphatic hydroxyl groups is 1. The van der Waals surface area contributed by atoms with Gasteiger partial charge < -0.3 is 5.11 Å². The van der Waals surface area contributed by atoms with E-state index < -0.39 is 6.10 Å². The van der Waals surface area contributed by atoms with Crippen molar-refractivity contribution in [2.75, 3.05) is 0 Å². The number of fused-ring (bicyclic) bond motifs is 1. The largest absolute Gasteiger partial charge is 0.388 e. The number of aryl methyl sites for hydroxylation is 2. The standard InChI is InChI=1S/C15H18N4O/c1-3-19-10-11(9-16-19)15(20)8-13-12-6-4-5-7-14(12)18(2)17-13/h4-7,9-10,15,20H,3,8H2,1-2H3. The monoisotopic (exact) mass is 270 g/mol. The van der Waals surface area contributed by atoms with Gasteiger partial charge in [0.2, 0.25) is 0 Å². The van der Waals surface area contributed by atoms with Crippen molar-refractivity contribution in [2.24, 2.45) is 7.05 Å². The van der Waals surface area contributed by atoms with Crippen molar-refractivity contribution in [2.45, 2.75) is 26.0 Å². The van der Waals surface area contributed by atoms with E-state index in [0.717, 1.165) is 28.7 Å². The van der Waals surface area contributed by atoms with Crippen LogP contribution in [0.4, 0.5) is 0 Å². The van der Waals surface area contributed by atoms with Crippen LogP contribution in [0.5, 0.6) is 0 Å². The van der Waals surface area contributed by atoms with Gasteiger partial charge in [-0.05, 0) is 13.0 Å². The number of aromatic nitrogens is 4. The first-order valence-corrected chi connectivity index (χ1v) is 6.80. The summed E-state index contributed by atoms with van der Waals surface area (Å²) in [4.78, 5) is 0. The lowest BCUT2D eigenvalue weighted by molar-refractivity contribution is 0.177. The normalized spacial score (nSPS) is 12.9. The van der Waals surface area contributed by atoms with Gasteiger partial charge in [0.05, 0.1) is 23.5 Å². The fourth-order valence-corrected chi connectivity index (χ4v) is 2.47. The van der Waals surface area contributed by atoms with Crippen LogP contribution in [0.15, 0.2) is 36.7 Å². The Balaban J connectivity index is 1.89. The van der Waals surface area contributed by atoms with Gasteiger partial charge in [-0.25, -0.2) is 0 Å². The highest BCUT2D eigenvalue weighted by Crippen LogP contribution is 2.23. The molecule has 1 N–H and O–H groups in total. The predicted molar refractivity (Wildman–Crippen MR) is 77.3 cm³/mol. The zero-order valence-corrected chi connectivity index (χ0v) is 11.7. The molecule has 1 aromatic carbocycles. The van der Waals surface area contributed by atoms with Crippen molar-refractivity contribution < 1.29 is 5.11 Å². The molecule has 0 radical (unpaired) electrons. The molecule has 2 heterocycles. The molecule has 0 aliphatic carbocycles. The number of para-hydroxylation sites is 1. The van der Waals surface area contributed by atoms with E-state index in [-0.39, 0.29) is 0 Å². The molecule has 2 aromatic heterocycles. The van der Waals surface area contributed by atoms with Crippen LogP contribution in [0.3, 0.4) is 0 Å². The number of rotatable bonds is 4. The molecule has 3 aromatic rings. The molecular weight excluding hydrogens is 252 g/mol. The summed E-state index contributed by atoms with van der Waals surface area (Å²) in [5.41, 5.74) is 2.83. The summed E-state index contributed by atoms with van der Waals surface area (Å²) in [5.74, 6) is 0. The van der Waals surface area contributed by atoms with Crippen LogP contribution in [0.25, 0.3) is 10.9 Å². The van der Waals surface area contributed by atoms with Gasteiger partial charge in [-0.1, -0.05) is 18.2 Å². The van der Waals surface area contributed by atoms with Crippen LogP contribution in [0, 0.1) is 0 Å². The first-order chi connectivity index (χ1) is 9.69. The second-order valence-electron chi connectivity index (χ2n) is 4.94. The van der Waals surface area contributed by atoms with E-state index in [9.17, 15) is 5.11 Å². The molecule has 5 heteroatoms. The fraction of sp³-hybridized carbons (Fsp3) is 0.333. The van der Waals surface area contributed by atoms with E-state index in [1.165, 1.54) is 0 Å². The Hall–Kier alpha value is -2.14. The number of benzene rings is 1. The summed E-state index contributed by atoms with van der Waals surface area (Å²) < 4.78 is 3.67. The molecule has 0 saturated carbocycles. The Bertz CT molecular complexity index is 728. The third kappa shape index (κ3) is 2.20. The minimum atomic E-state index is -0.575. The molecule has 0 aliphatic heterocycles. The molecule has 5 nitrogen and oxygen atoms in total. The van der Waals surface area contributed by atoms with Gasteiger partial charge in [0.25, 0.3) is 0 Å². The highest BCUT2D eigenvalue weighted by molar-refractivity contribution is 5.81. The summed E-state index contributed by atoms with van der Waals surface area (Å²) in [6, 6.07) is 8.07. The van der Waals surface area contributed by atoms with Crippen LogP contribution in [-0.2, 0) is 20.0 Å². The van der Waals surface area contributed by atoms with Gasteiger partial charge >= 0.3 is 0 Å². The van der Waals surface area contributed by atoms with E-state index in [0.29, 0.717) is 6.42 Å². The quantitative estimate of drug-likeness (QED) is 0.789. The van der Waals surface area contributed by atoms with E-state index in [1.54, 1.807) is 6.20 Å². The summed E-state index contributed by atoms with van der Waals surface area (Å²) >= 11 is 0. The van der Waals surface area contributed by atoms with Crippen molar-refractivity contribution in [1.29, 1.82) is 0 Å². The number of aliphatic hydroxyl groups excluding tert-OH is 1. The molecule has 0 amide bonds. The molecule has 0 bridgehead atoms. The predicted octanol–water partition coefficient (Wildman–Crippen LogP) is 2.07. The minimum absolute atomic E-state index is 0.497. The zero-order valence-electron chi connectivity index (χ0n) is 11.7. The van der Waals surface area contributed by atoms with E-state index in [2.05, 4.69) is 10.2 Å². The average molecular weight is 270 g/mol. The Morgan fingerprint density at radius 2 is 2.10 bits per heavy atom. The minimum Gasteiger partial charge on any atom is -0.388 e. The van der Waals surface area contributed by atoms with E-state index in [1.807, 2.05) is 53.8 Å². The van der Waals surface area contributed by atoms with Crippen LogP contribution in [0.2, 0.25) is 0 Å². The molecule has 0 saturated heterocycles. The second kappa shape index (κ2) is 5.09. The maximum absolute atomic E-state index is 10.3. The SMILES string of the molecule is CCn1cc(C(O)Cc2nn(C)c3ccccc23)cn1. The van der Waals surface area contributed by atoms with Crippen molar-refractivity contribution in [3.05, 3.63) is 47.9 Å². The Morgan fingerprint density at radius 3 is 2.85 bits per heavy atom. The highest BCUT2D eigenvalue weighted by Gasteiger charge is 2.15. The lowest BCUT2D eigenvalue weighted by Gasteiger charge is -2.06. The third-order valence-electron chi connectivity index (χ3n) is 3.58. The van der Waals surface area contributed by atoms with Crippen LogP contribution >= 0.6 is 0 Å². The molecule has 3 rings (SSSR count). The number of hydrogen-bond acceptors (Lipinski definition) is 3. The first kappa shape index (κ1) is 12.9. The van der Waals surface area contributed by atoms with Gasteiger partial charge in [0, 0.05) is 37.2 Å². The topological polar surface area (TPSA) is 55.9 Å². The molecule has 20 heavy (non-hydrogen) atoms. The van der Waals surface area contributed by atoms with Crippen molar-refractivity contribution in [3.8, 4) is 0 Å². The summed E-state index contributed by atoms with van der Waals surface area (Å²) in [5, 5.41) is 20.2. The maximum Gasteiger partial charge on any atom is 0.0876 e. The molecule has 104 valence electrons. The van der Waals surface area contributed by atoms with Gasteiger partial charge in [-0.2, -0.15) is 10.2 Å². The highest BCUT2D eigenvalue weighted by atomic mass is 16.3. The van der Waals surface area contributed by atoms with Crippen LogP contribution < -0.4 is 0 Å². The molecule has 0 aliphatic rings. The van der Waals surface area contributed by atoms with Crippen LogP contribution in [0.1, 0.15) is 24.3 Å². The van der Waals surface area contributed by atoms with Gasteiger partial charge in [0.15, 0.2) is 0 Å². The Morgan fingerprint density at radius 1 is 1.30 bits per heavy atom. The molecule has 0 fully saturated rings. The molecular formula is C15H18N4O. The average Bonchev–Trinajstić information content (AvgIpc) is 3.05. The second-order valence-corrected chi connectivity index (χ2v) is 4.94. The van der Waals surface area contributed by atoms with Gasteiger partial charge in [0.1, 0.15) is 0 Å². The smallest absolute Gasteiger partial charge is 0.0876 e. The summed E-state index contributed by atoms with van der Waals surface area (Å²) in [6.45, 7) is 2.83. The van der Waals surface area contributed by atoms with E-state index >= 15 is 0 Å². The first-order valence-electron chi connectivity index (χ1n) is 6.80. The molecule has 0 spiro atoms. The van der Waals surface area contributed by atoms with Crippen molar-refractivity contribution in [3.63, 3.8) is 0 Å². The van der Waals surface area contributed by atoms with E-state index in [4.69, 9.17) is 0 Å². The number of nitrogens with zero attached hydrogens (tertiary/aromatic N) is 4. The molecule has 1 atom stereocenters. The zero-order chi connectivity index (χ0) is 14.1. The fourth-order valence-electron chi connectivity index (χ4n) is 2.47. The molecule has 1 unspecified atom stereocenters. The summed E-state index contributed by atoms with van der Waals surface area (Å²) in [7, 11) is 1.92. The lowest BCUT2D eigenvalue weighted by Crippen LogP contribution is -2.02. The third-order valence-corrected chi connectivity index (χ3v) is 3.58. The maximum atomic E-state index is 10.3. The number of hydrogen-bond donors (Lipinski definition) is 1. The van der Waals surface area contributed by atoms with Gasteiger partial charge in [-0.15, -0.1) is 0 Å². The Labute approximate surface area is 117 Å². The Kier molecular flexibility index (Phi) is 3.28. The van der Waals surface area contributed by atoms with Gasteiger partial charge in [-0.3, -0.25) is 9.36 Å². The lowest BCUT2D eigenvalue weighted by atomic mass is 10.1. The van der Waals surface area contributed by atoms with Crippen molar-refractivity contribution in [1.82, 2.24) is 19.6 Å². The summed E-state index contributed by atoms with van der Waals surface area (Å²) in [6.07, 6.45) is 3.53. The van der Waals surface area contributed by atoms with Crippen molar-refractivity contribution >= 4 is 10.9 Å².